The lowest BCUT2D eigenvalue weighted by Crippen LogP contribution is -2.30. The van der Waals surface area contributed by atoms with Gasteiger partial charge in [0.05, 0.1) is 22.5 Å². The number of benzene rings is 3. The van der Waals surface area contributed by atoms with Crippen molar-refractivity contribution in [2.24, 2.45) is 11.8 Å². The molecule has 0 spiro atoms. The molecule has 0 radical (unpaired) electrons. The summed E-state index contributed by atoms with van der Waals surface area (Å²) in [5.41, 5.74) is 1.81. The minimum atomic E-state index is -0.259. The van der Waals surface area contributed by atoms with Crippen LogP contribution in [-0.2, 0) is 9.59 Å². The van der Waals surface area contributed by atoms with E-state index in [0.717, 1.165) is 12.8 Å². The summed E-state index contributed by atoms with van der Waals surface area (Å²) in [6, 6.07) is 22.2. The summed E-state index contributed by atoms with van der Waals surface area (Å²) in [6.45, 7) is 0. The van der Waals surface area contributed by atoms with E-state index in [2.05, 4.69) is 12.1 Å². The van der Waals surface area contributed by atoms with E-state index in [1.807, 2.05) is 18.2 Å². The highest BCUT2D eigenvalue weighted by molar-refractivity contribution is 6.35. The molecule has 1 saturated heterocycles. The third-order valence-corrected chi connectivity index (χ3v) is 6.94. The third kappa shape index (κ3) is 3.89. The standard InChI is InChI=1S/C26H21Cl2NO3/c27-18-7-13-24(23(28)15-18)32-20-10-8-19(9-11-20)29-25(30)21-12-6-17(14-22(21)26(29)31)16-4-2-1-3-5-16/h1-5,7-11,13,15,17,21-22H,6,12,14H2/t17-,21-,22+/m0/s1. The van der Waals surface area contributed by atoms with Crippen LogP contribution in [0.4, 0.5) is 5.69 Å². The van der Waals surface area contributed by atoms with Gasteiger partial charge in [-0.25, -0.2) is 0 Å². The normalized spacial score (nSPS) is 22.7. The van der Waals surface area contributed by atoms with Crippen LogP contribution in [0.5, 0.6) is 11.5 Å². The first-order valence-corrected chi connectivity index (χ1v) is 11.4. The van der Waals surface area contributed by atoms with Crippen molar-refractivity contribution < 1.29 is 14.3 Å². The molecule has 1 aliphatic heterocycles. The Kier molecular flexibility index (Phi) is 5.66. The van der Waals surface area contributed by atoms with Crippen molar-refractivity contribution >= 4 is 40.7 Å². The second-order valence-corrected chi connectivity index (χ2v) is 9.16. The molecule has 0 unspecified atom stereocenters. The van der Waals surface area contributed by atoms with Gasteiger partial charge in [0, 0.05) is 5.02 Å². The van der Waals surface area contributed by atoms with E-state index in [9.17, 15) is 9.59 Å². The summed E-state index contributed by atoms with van der Waals surface area (Å²) in [7, 11) is 0. The highest BCUT2D eigenvalue weighted by Crippen LogP contribution is 2.45. The van der Waals surface area contributed by atoms with Crippen LogP contribution in [0.1, 0.15) is 30.7 Å². The molecule has 4 nitrogen and oxygen atoms in total. The van der Waals surface area contributed by atoms with Crippen LogP contribution < -0.4 is 9.64 Å². The lowest BCUT2D eigenvalue weighted by Gasteiger charge is -2.28. The number of imide groups is 1. The number of carbonyl (C=O) groups excluding carboxylic acids is 2. The van der Waals surface area contributed by atoms with Gasteiger partial charge in [-0.05, 0) is 73.2 Å². The number of hydrogen-bond acceptors (Lipinski definition) is 3. The number of rotatable bonds is 4. The van der Waals surface area contributed by atoms with Gasteiger partial charge in [-0.15, -0.1) is 0 Å². The van der Waals surface area contributed by atoms with E-state index in [4.69, 9.17) is 27.9 Å². The van der Waals surface area contributed by atoms with Gasteiger partial charge in [-0.3, -0.25) is 14.5 Å². The van der Waals surface area contributed by atoms with Crippen LogP contribution >= 0.6 is 23.2 Å². The average Bonchev–Trinajstić information content (AvgIpc) is 3.06. The van der Waals surface area contributed by atoms with E-state index in [1.54, 1.807) is 42.5 Å². The Morgan fingerprint density at radius 3 is 2.25 bits per heavy atom. The van der Waals surface area contributed by atoms with Crippen LogP contribution in [0.2, 0.25) is 10.0 Å². The predicted molar refractivity (Wildman–Crippen MR) is 125 cm³/mol. The van der Waals surface area contributed by atoms with Crippen LogP contribution in [0, 0.1) is 11.8 Å². The molecule has 3 atom stereocenters. The molecule has 2 amide bonds. The number of ether oxygens (including phenoxy) is 1. The van der Waals surface area contributed by atoms with E-state index in [-0.39, 0.29) is 23.7 Å². The molecular weight excluding hydrogens is 445 g/mol. The molecule has 1 saturated carbocycles. The quantitative estimate of drug-likeness (QED) is 0.395. The third-order valence-electron chi connectivity index (χ3n) is 6.41. The van der Waals surface area contributed by atoms with Gasteiger partial charge in [0.2, 0.25) is 11.8 Å². The smallest absolute Gasteiger partial charge is 0.237 e. The molecule has 32 heavy (non-hydrogen) atoms. The fourth-order valence-corrected chi connectivity index (χ4v) is 5.26. The molecule has 162 valence electrons. The molecule has 1 heterocycles. The highest BCUT2D eigenvalue weighted by atomic mass is 35.5. The average molecular weight is 466 g/mol. The van der Waals surface area contributed by atoms with Gasteiger partial charge in [0.15, 0.2) is 0 Å². The van der Waals surface area contributed by atoms with Gasteiger partial charge < -0.3 is 4.74 Å². The van der Waals surface area contributed by atoms with Crippen LogP contribution in [-0.4, -0.2) is 11.8 Å². The van der Waals surface area contributed by atoms with Crippen molar-refractivity contribution in [1.29, 1.82) is 0 Å². The van der Waals surface area contributed by atoms with Gasteiger partial charge in [-0.1, -0.05) is 53.5 Å². The van der Waals surface area contributed by atoms with Crippen LogP contribution in [0.25, 0.3) is 0 Å². The Hall–Kier alpha value is -2.82. The minimum Gasteiger partial charge on any atom is -0.456 e. The van der Waals surface area contributed by atoms with E-state index in [1.165, 1.54) is 10.5 Å². The Morgan fingerprint density at radius 2 is 1.53 bits per heavy atom. The van der Waals surface area contributed by atoms with Crippen LogP contribution in [0.3, 0.4) is 0 Å². The van der Waals surface area contributed by atoms with Gasteiger partial charge in [0.1, 0.15) is 11.5 Å². The molecule has 0 aromatic heterocycles. The maximum atomic E-state index is 13.2. The first-order valence-electron chi connectivity index (χ1n) is 10.7. The molecule has 5 rings (SSSR count). The van der Waals surface area contributed by atoms with Crippen molar-refractivity contribution in [3.05, 3.63) is 88.4 Å². The molecule has 3 aromatic carbocycles. The fraction of sp³-hybridized carbons (Fsp3) is 0.231. The van der Waals surface area contributed by atoms with Gasteiger partial charge >= 0.3 is 0 Å². The lowest BCUT2D eigenvalue weighted by molar-refractivity contribution is -0.122. The monoisotopic (exact) mass is 465 g/mol. The van der Waals surface area contributed by atoms with Crippen molar-refractivity contribution in [3.8, 4) is 11.5 Å². The number of carbonyl (C=O) groups is 2. The zero-order chi connectivity index (χ0) is 22.2. The number of hydrogen-bond donors (Lipinski definition) is 0. The minimum absolute atomic E-state index is 0.0964. The molecule has 0 bridgehead atoms. The number of halogens is 2. The summed E-state index contributed by atoms with van der Waals surface area (Å²) < 4.78 is 5.81. The largest absolute Gasteiger partial charge is 0.456 e. The second kappa shape index (κ2) is 8.61. The highest BCUT2D eigenvalue weighted by Gasteiger charge is 2.50. The molecule has 3 aromatic rings. The van der Waals surface area contributed by atoms with Crippen LogP contribution in [0.15, 0.2) is 72.8 Å². The molecule has 2 fully saturated rings. The van der Waals surface area contributed by atoms with Crippen molar-refractivity contribution in [3.63, 3.8) is 0 Å². The number of nitrogens with zero attached hydrogens (tertiary/aromatic N) is 1. The SMILES string of the molecule is O=C1[C@H]2CC[C@H](c3ccccc3)C[C@H]2C(=O)N1c1ccc(Oc2ccc(Cl)cc2Cl)cc1. The molecule has 6 heteroatoms. The van der Waals surface area contributed by atoms with Crippen molar-refractivity contribution in [1.82, 2.24) is 0 Å². The Morgan fingerprint density at radius 1 is 0.812 bits per heavy atom. The van der Waals surface area contributed by atoms with E-state index < -0.39 is 0 Å². The topological polar surface area (TPSA) is 46.6 Å². The van der Waals surface area contributed by atoms with Gasteiger partial charge in [0.25, 0.3) is 0 Å². The number of anilines is 1. The Balaban J connectivity index is 1.33. The second-order valence-electron chi connectivity index (χ2n) is 8.32. The summed E-state index contributed by atoms with van der Waals surface area (Å²) in [5, 5.41) is 0.934. The van der Waals surface area contributed by atoms with Gasteiger partial charge in [-0.2, -0.15) is 0 Å². The van der Waals surface area contributed by atoms with E-state index >= 15 is 0 Å². The Bertz CT molecular complexity index is 1160. The number of amides is 2. The summed E-state index contributed by atoms with van der Waals surface area (Å²) in [6.07, 6.45) is 2.38. The summed E-state index contributed by atoms with van der Waals surface area (Å²) in [5.74, 6) is 0.662. The zero-order valence-corrected chi connectivity index (χ0v) is 18.7. The maximum absolute atomic E-state index is 13.2. The molecule has 1 aliphatic carbocycles. The molecule has 2 aliphatic rings. The zero-order valence-electron chi connectivity index (χ0n) is 17.2. The summed E-state index contributed by atoms with van der Waals surface area (Å²) in [4.78, 5) is 27.7. The fourth-order valence-electron chi connectivity index (χ4n) is 4.81. The first kappa shape index (κ1) is 21.0. The van der Waals surface area contributed by atoms with Crippen molar-refractivity contribution in [2.75, 3.05) is 4.90 Å². The lowest BCUT2D eigenvalue weighted by atomic mass is 9.73. The van der Waals surface area contributed by atoms with Crippen molar-refractivity contribution in [2.45, 2.75) is 25.2 Å². The summed E-state index contributed by atoms with van der Waals surface area (Å²) >= 11 is 12.1. The molecular formula is C26H21Cl2NO3. The predicted octanol–water partition coefficient (Wildman–Crippen LogP) is 6.86. The maximum Gasteiger partial charge on any atom is 0.237 e. The molecule has 0 N–H and O–H groups in total. The Labute approximate surface area is 196 Å². The van der Waals surface area contributed by atoms with E-state index in [0.29, 0.717) is 39.6 Å². The number of fused-ring (bicyclic) bond motifs is 1. The first-order chi connectivity index (χ1) is 15.5.